The molecular weight excluding hydrogens is 262 g/mol. The predicted molar refractivity (Wildman–Crippen MR) is 89.0 cm³/mol. The molecule has 2 aromatic rings. The van der Waals surface area contributed by atoms with Gasteiger partial charge in [-0.25, -0.2) is 0 Å². The third kappa shape index (κ3) is 3.97. The normalized spacial score (nSPS) is 10.3. The Balaban J connectivity index is 0.00000200. The van der Waals surface area contributed by atoms with Crippen LogP contribution in [0.3, 0.4) is 0 Å². The number of aryl methyl sites for hydroxylation is 2. The molecule has 1 atom stereocenters. The zero-order valence-corrected chi connectivity index (χ0v) is 12.4. The van der Waals surface area contributed by atoms with Gasteiger partial charge in [-0.1, -0.05) is 32.8 Å². The Labute approximate surface area is 133 Å². The fourth-order valence-electron chi connectivity index (χ4n) is 2.07. The number of benzene rings is 2. The van der Waals surface area contributed by atoms with Gasteiger partial charge in [0.1, 0.15) is 5.75 Å². The van der Waals surface area contributed by atoms with E-state index >= 15 is 0 Å². The number of carbonyl (C=O) groups is 1. The van der Waals surface area contributed by atoms with E-state index in [1.807, 2.05) is 26.0 Å². The quantitative estimate of drug-likeness (QED) is 0.487. The first kappa shape index (κ1) is 17.0. The first-order valence-electron chi connectivity index (χ1n) is 6.11. The van der Waals surface area contributed by atoms with Crippen LogP contribution in [0.5, 0.6) is 5.75 Å². The number of methoxy groups -OCH3 is 1. The van der Waals surface area contributed by atoms with E-state index in [1.165, 1.54) is 10.6 Å². The van der Waals surface area contributed by atoms with Crippen molar-refractivity contribution in [3.63, 3.8) is 0 Å². The van der Waals surface area contributed by atoms with Crippen molar-refractivity contribution in [3.8, 4) is 5.75 Å². The van der Waals surface area contributed by atoms with Gasteiger partial charge in [-0.15, -0.1) is 0 Å². The average Bonchev–Trinajstić information content (AvgIpc) is 2.39. The Morgan fingerprint density at radius 1 is 1.00 bits per heavy atom. The standard InChI is InChI=1S/C16H17O2P.Li.H/c1-11-8-15(9-12(2)16(11)10-17)19-14-6-4-13(18-3)5-7-14;;/h4-10,19H,1-3H3;;. The fourth-order valence-corrected chi connectivity index (χ4v) is 3.32. The molecule has 100 valence electrons. The monoisotopic (exact) mass is 280 g/mol. The summed E-state index contributed by atoms with van der Waals surface area (Å²) in [6.45, 7) is 3.97. The second-order valence-corrected chi connectivity index (χ2v) is 5.90. The first-order valence-corrected chi connectivity index (χ1v) is 7.11. The molecule has 0 heterocycles. The van der Waals surface area contributed by atoms with E-state index in [2.05, 4.69) is 24.3 Å². The third-order valence-corrected chi connectivity index (χ3v) is 4.29. The van der Waals surface area contributed by atoms with Gasteiger partial charge in [0.2, 0.25) is 0 Å². The number of carbonyl (C=O) groups excluding carboxylic acids is 1. The molecular formula is C16H18LiO2P. The Morgan fingerprint density at radius 3 is 2.00 bits per heavy atom. The molecule has 0 N–H and O–H groups in total. The van der Waals surface area contributed by atoms with Crippen LogP contribution >= 0.6 is 8.58 Å². The molecule has 0 aliphatic rings. The molecule has 2 nitrogen and oxygen atoms in total. The van der Waals surface area contributed by atoms with Crippen LogP contribution in [0.2, 0.25) is 0 Å². The van der Waals surface area contributed by atoms with Gasteiger partial charge in [0.25, 0.3) is 0 Å². The summed E-state index contributed by atoms with van der Waals surface area (Å²) in [6, 6.07) is 12.3. The summed E-state index contributed by atoms with van der Waals surface area (Å²) in [4.78, 5) is 11.0. The molecule has 0 aromatic heterocycles. The summed E-state index contributed by atoms with van der Waals surface area (Å²) in [5.74, 6) is 0.872. The van der Waals surface area contributed by atoms with Gasteiger partial charge in [-0.3, -0.25) is 4.79 Å². The van der Waals surface area contributed by atoms with Crippen LogP contribution in [-0.2, 0) is 0 Å². The summed E-state index contributed by atoms with van der Waals surface area (Å²) in [5, 5.41) is 2.52. The second kappa shape index (κ2) is 7.65. The molecule has 0 aliphatic carbocycles. The zero-order chi connectivity index (χ0) is 13.8. The molecule has 2 aromatic carbocycles. The summed E-state index contributed by atoms with van der Waals surface area (Å²) in [6.07, 6.45) is 0.935. The van der Waals surface area contributed by atoms with Gasteiger partial charge in [0, 0.05) is 5.56 Å². The molecule has 4 heteroatoms. The van der Waals surface area contributed by atoms with E-state index in [1.54, 1.807) is 7.11 Å². The maximum absolute atomic E-state index is 11.0. The average molecular weight is 280 g/mol. The molecule has 0 fully saturated rings. The number of hydrogen-bond acceptors (Lipinski definition) is 2. The van der Waals surface area contributed by atoms with Crippen molar-refractivity contribution < 1.29 is 9.53 Å². The number of ether oxygens (including phenoxy) is 1. The van der Waals surface area contributed by atoms with Crippen LogP contribution in [-0.4, -0.2) is 32.3 Å². The van der Waals surface area contributed by atoms with Crippen LogP contribution in [0, 0.1) is 13.8 Å². The number of aldehydes is 1. The van der Waals surface area contributed by atoms with Crippen molar-refractivity contribution in [3.05, 3.63) is 53.1 Å². The summed E-state index contributed by atoms with van der Waals surface area (Å²) in [5.41, 5.74) is 2.90. The van der Waals surface area contributed by atoms with Crippen molar-refractivity contribution >= 4 is 44.3 Å². The molecule has 0 saturated carbocycles. The van der Waals surface area contributed by atoms with Crippen molar-refractivity contribution in [2.24, 2.45) is 0 Å². The van der Waals surface area contributed by atoms with Crippen LogP contribution in [0.4, 0.5) is 0 Å². The Bertz CT molecular complexity index is 571. The van der Waals surface area contributed by atoms with Crippen molar-refractivity contribution in [2.45, 2.75) is 13.8 Å². The van der Waals surface area contributed by atoms with Crippen LogP contribution < -0.4 is 15.3 Å². The van der Waals surface area contributed by atoms with Crippen molar-refractivity contribution in [1.82, 2.24) is 0 Å². The molecule has 1 unspecified atom stereocenters. The molecule has 2 rings (SSSR count). The van der Waals surface area contributed by atoms with E-state index < -0.39 is 0 Å². The fraction of sp³-hybridized carbons (Fsp3) is 0.188. The van der Waals surface area contributed by atoms with E-state index in [0.717, 1.165) is 28.7 Å². The molecule has 0 amide bonds. The van der Waals surface area contributed by atoms with E-state index in [4.69, 9.17) is 4.74 Å². The first-order chi connectivity index (χ1) is 9.13. The predicted octanol–water partition coefficient (Wildman–Crippen LogP) is 2.11. The van der Waals surface area contributed by atoms with E-state index in [0.29, 0.717) is 8.58 Å². The summed E-state index contributed by atoms with van der Waals surface area (Å²) < 4.78 is 5.15. The number of hydrogen-bond donors (Lipinski definition) is 0. The van der Waals surface area contributed by atoms with Crippen LogP contribution in [0.1, 0.15) is 21.5 Å². The zero-order valence-electron chi connectivity index (χ0n) is 11.4. The molecule has 0 radical (unpaired) electrons. The van der Waals surface area contributed by atoms with E-state index in [-0.39, 0.29) is 18.9 Å². The minimum absolute atomic E-state index is 0. The van der Waals surface area contributed by atoms with Gasteiger partial charge in [-0.2, -0.15) is 0 Å². The molecule has 0 bridgehead atoms. The van der Waals surface area contributed by atoms with Crippen LogP contribution in [0.25, 0.3) is 0 Å². The van der Waals surface area contributed by atoms with Gasteiger partial charge in [0.15, 0.2) is 6.29 Å². The number of rotatable bonds is 4. The molecule has 0 spiro atoms. The van der Waals surface area contributed by atoms with Crippen LogP contribution in [0.15, 0.2) is 36.4 Å². The summed E-state index contributed by atoms with van der Waals surface area (Å²) in [7, 11) is 2.26. The summed E-state index contributed by atoms with van der Waals surface area (Å²) >= 11 is 0. The Kier molecular flexibility index (Phi) is 6.50. The van der Waals surface area contributed by atoms with E-state index in [9.17, 15) is 4.79 Å². The SMILES string of the molecule is COc1ccc(Pc2cc(C)c(C=O)c(C)c2)cc1.[LiH]. The minimum atomic E-state index is 0. The third-order valence-electron chi connectivity index (χ3n) is 3.09. The second-order valence-electron chi connectivity index (χ2n) is 4.50. The molecule has 0 saturated heterocycles. The van der Waals surface area contributed by atoms with Crippen molar-refractivity contribution in [1.29, 1.82) is 0 Å². The topological polar surface area (TPSA) is 26.3 Å². The Hall–Kier alpha value is -1.06. The van der Waals surface area contributed by atoms with Gasteiger partial charge < -0.3 is 4.74 Å². The Morgan fingerprint density at radius 2 is 1.55 bits per heavy atom. The van der Waals surface area contributed by atoms with Gasteiger partial charge in [-0.05, 0) is 47.7 Å². The maximum atomic E-state index is 11.0. The van der Waals surface area contributed by atoms with Gasteiger partial charge >= 0.3 is 18.9 Å². The van der Waals surface area contributed by atoms with Gasteiger partial charge in [0.05, 0.1) is 7.11 Å². The molecule has 20 heavy (non-hydrogen) atoms. The molecule has 0 aliphatic heterocycles. The van der Waals surface area contributed by atoms with Crippen molar-refractivity contribution in [2.75, 3.05) is 7.11 Å².